The fourth-order valence-corrected chi connectivity index (χ4v) is 4.66. The second-order valence-corrected chi connectivity index (χ2v) is 8.50. The monoisotopic (exact) mass is 376 g/mol. The molecule has 2 aromatic carbocycles. The molecule has 0 N–H and O–H groups in total. The van der Waals surface area contributed by atoms with Gasteiger partial charge in [-0.2, -0.15) is 0 Å². The Labute approximate surface area is 159 Å². The first kappa shape index (κ1) is 17.5. The van der Waals surface area contributed by atoms with E-state index in [1.54, 1.807) is 12.1 Å². The van der Waals surface area contributed by atoms with Crippen molar-refractivity contribution in [2.24, 2.45) is 0 Å². The molecule has 0 aliphatic carbocycles. The van der Waals surface area contributed by atoms with E-state index in [1.807, 2.05) is 73.3 Å². The molecular weight excluding hydrogens is 356 g/mol. The molecule has 0 saturated heterocycles. The molecule has 0 saturated carbocycles. The molecule has 0 amide bonds. The molecule has 4 aromatic rings. The second kappa shape index (κ2) is 6.67. The molecule has 0 spiro atoms. The van der Waals surface area contributed by atoms with Crippen molar-refractivity contribution in [2.45, 2.75) is 30.1 Å². The van der Waals surface area contributed by atoms with Gasteiger partial charge in [-0.05, 0) is 55.3 Å². The minimum atomic E-state index is -3.71. The molecule has 27 heavy (non-hydrogen) atoms. The predicted octanol–water partition coefficient (Wildman–Crippen LogP) is 4.73. The third-order valence-corrected chi connectivity index (χ3v) is 6.53. The van der Waals surface area contributed by atoms with E-state index in [2.05, 4.69) is 4.98 Å². The van der Waals surface area contributed by atoms with Crippen LogP contribution in [0.25, 0.3) is 16.6 Å². The largest absolute Gasteiger partial charge is 0.322 e. The van der Waals surface area contributed by atoms with Gasteiger partial charge in [0.2, 0.25) is 9.84 Å². The molecule has 2 heterocycles. The van der Waals surface area contributed by atoms with Crippen molar-refractivity contribution in [3.63, 3.8) is 0 Å². The molecule has 4 rings (SSSR count). The number of fused-ring (bicyclic) bond motifs is 1. The fraction of sp³-hybridized carbons (Fsp3) is 0.136. The van der Waals surface area contributed by atoms with Gasteiger partial charge in [0.15, 0.2) is 0 Å². The number of rotatable bonds is 4. The van der Waals surface area contributed by atoms with Gasteiger partial charge in [-0.1, -0.05) is 30.7 Å². The van der Waals surface area contributed by atoms with E-state index in [0.717, 1.165) is 28.5 Å². The molecule has 0 unspecified atom stereocenters. The lowest BCUT2D eigenvalue weighted by Crippen LogP contribution is -2.09. The highest BCUT2D eigenvalue weighted by Gasteiger charge is 2.24. The van der Waals surface area contributed by atoms with Gasteiger partial charge in [-0.3, -0.25) is 4.98 Å². The summed E-state index contributed by atoms with van der Waals surface area (Å²) < 4.78 is 28.7. The molecule has 0 aliphatic heterocycles. The van der Waals surface area contributed by atoms with Gasteiger partial charge >= 0.3 is 0 Å². The zero-order valence-electron chi connectivity index (χ0n) is 15.3. The zero-order valence-corrected chi connectivity index (χ0v) is 16.1. The Bertz CT molecular complexity index is 1210. The summed E-state index contributed by atoms with van der Waals surface area (Å²) in [6.45, 7) is 4.03. The minimum Gasteiger partial charge on any atom is -0.322 e. The van der Waals surface area contributed by atoms with Crippen LogP contribution in [0.2, 0.25) is 0 Å². The molecule has 5 heteroatoms. The van der Waals surface area contributed by atoms with Crippen molar-refractivity contribution in [3.8, 4) is 5.69 Å². The lowest BCUT2D eigenvalue weighted by molar-refractivity contribution is 0.595. The van der Waals surface area contributed by atoms with Crippen molar-refractivity contribution in [3.05, 3.63) is 84.3 Å². The molecule has 0 bridgehead atoms. The van der Waals surface area contributed by atoms with Crippen molar-refractivity contribution >= 4 is 20.7 Å². The van der Waals surface area contributed by atoms with Gasteiger partial charge in [0, 0.05) is 24.0 Å². The highest BCUT2D eigenvalue weighted by Crippen LogP contribution is 2.32. The van der Waals surface area contributed by atoms with Crippen LogP contribution >= 0.6 is 0 Å². The molecule has 0 aliphatic rings. The number of pyridine rings is 1. The number of nitrogens with zero attached hydrogens (tertiary/aromatic N) is 2. The average Bonchev–Trinajstić information content (AvgIpc) is 3.21. The summed E-state index contributed by atoms with van der Waals surface area (Å²) in [5.41, 5.74) is 3.56. The maximum Gasteiger partial charge on any atom is 0.210 e. The summed E-state index contributed by atoms with van der Waals surface area (Å²) in [6.07, 6.45) is 6.05. The van der Waals surface area contributed by atoms with Crippen LogP contribution in [-0.4, -0.2) is 18.0 Å². The van der Waals surface area contributed by atoms with E-state index < -0.39 is 9.84 Å². The van der Waals surface area contributed by atoms with Gasteiger partial charge in [0.05, 0.1) is 16.1 Å². The summed E-state index contributed by atoms with van der Waals surface area (Å²) in [7, 11) is -3.71. The standard InChI is InChI=1S/C22H20N2O2S/c1-3-17-7-9-18(10-8-17)27(25,26)21-15-23-20-11-6-16(2)14-19(20)22(21)24-12-4-5-13-24/h4-15H,3H2,1-2H3. The van der Waals surface area contributed by atoms with Crippen LogP contribution in [0.3, 0.4) is 0 Å². The fourth-order valence-electron chi connectivity index (χ4n) is 3.25. The van der Waals surface area contributed by atoms with Crippen molar-refractivity contribution < 1.29 is 8.42 Å². The van der Waals surface area contributed by atoms with E-state index in [-0.39, 0.29) is 9.79 Å². The molecule has 0 atom stereocenters. The lowest BCUT2D eigenvalue weighted by atomic mass is 10.1. The van der Waals surface area contributed by atoms with Gasteiger partial charge in [-0.15, -0.1) is 0 Å². The smallest absolute Gasteiger partial charge is 0.210 e. The molecule has 136 valence electrons. The Morgan fingerprint density at radius 1 is 1.00 bits per heavy atom. The maximum atomic E-state index is 13.4. The summed E-state index contributed by atoms with van der Waals surface area (Å²) >= 11 is 0. The van der Waals surface area contributed by atoms with E-state index in [0.29, 0.717) is 5.69 Å². The molecule has 4 nitrogen and oxygen atoms in total. The van der Waals surface area contributed by atoms with E-state index in [9.17, 15) is 8.42 Å². The van der Waals surface area contributed by atoms with E-state index in [4.69, 9.17) is 0 Å². The quantitative estimate of drug-likeness (QED) is 0.517. The average molecular weight is 376 g/mol. The zero-order chi connectivity index (χ0) is 19.0. The SMILES string of the molecule is CCc1ccc(S(=O)(=O)c2cnc3ccc(C)cc3c2-n2cccc2)cc1. The summed E-state index contributed by atoms with van der Waals surface area (Å²) in [5, 5.41) is 0.817. The first-order chi connectivity index (χ1) is 13.0. The summed E-state index contributed by atoms with van der Waals surface area (Å²) in [6, 6.07) is 16.7. The second-order valence-electron chi connectivity index (χ2n) is 6.58. The third kappa shape index (κ3) is 3.04. The van der Waals surface area contributed by atoms with E-state index in [1.165, 1.54) is 6.20 Å². The van der Waals surface area contributed by atoms with Crippen LogP contribution in [0.4, 0.5) is 0 Å². The molecular formula is C22H20N2O2S. The Kier molecular flexibility index (Phi) is 4.32. The number of benzene rings is 2. The van der Waals surface area contributed by atoms with Crippen molar-refractivity contribution in [2.75, 3.05) is 0 Å². The van der Waals surface area contributed by atoms with Crippen LogP contribution in [0.1, 0.15) is 18.1 Å². The van der Waals surface area contributed by atoms with Gasteiger partial charge in [-0.25, -0.2) is 8.42 Å². The minimum absolute atomic E-state index is 0.209. The molecule has 0 fully saturated rings. The third-order valence-electron chi connectivity index (χ3n) is 4.76. The van der Waals surface area contributed by atoms with Crippen LogP contribution in [0.15, 0.2) is 83.0 Å². The van der Waals surface area contributed by atoms with Crippen LogP contribution in [-0.2, 0) is 16.3 Å². The number of aryl methyl sites for hydroxylation is 2. The van der Waals surface area contributed by atoms with Crippen molar-refractivity contribution in [1.29, 1.82) is 0 Å². The van der Waals surface area contributed by atoms with E-state index >= 15 is 0 Å². The van der Waals surface area contributed by atoms with Crippen LogP contribution < -0.4 is 0 Å². The van der Waals surface area contributed by atoms with Crippen LogP contribution in [0, 0.1) is 6.92 Å². The highest BCUT2D eigenvalue weighted by atomic mass is 32.2. The molecule has 2 aromatic heterocycles. The van der Waals surface area contributed by atoms with Crippen LogP contribution in [0.5, 0.6) is 0 Å². The lowest BCUT2D eigenvalue weighted by Gasteiger charge is -2.15. The Hall–Kier alpha value is -2.92. The molecule has 0 radical (unpaired) electrons. The maximum absolute atomic E-state index is 13.4. The highest BCUT2D eigenvalue weighted by molar-refractivity contribution is 7.91. The first-order valence-corrected chi connectivity index (χ1v) is 10.4. The summed E-state index contributed by atoms with van der Waals surface area (Å²) in [5.74, 6) is 0. The normalized spacial score (nSPS) is 11.8. The van der Waals surface area contributed by atoms with Gasteiger partial charge < -0.3 is 4.57 Å². The number of hydrogen-bond donors (Lipinski definition) is 0. The number of hydrogen-bond acceptors (Lipinski definition) is 3. The van der Waals surface area contributed by atoms with Crippen molar-refractivity contribution in [1.82, 2.24) is 9.55 Å². The Morgan fingerprint density at radius 3 is 2.37 bits per heavy atom. The summed E-state index contributed by atoms with van der Waals surface area (Å²) in [4.78, 5) is 4.91. The topological polar surface area (TPSA) is 52.0 Å². The van der Waals surface area contributed by atoms with Gasteiger partial charge in [0.1, 0.15) is 4.90 Å². The van der Waals surface area contributed by atoms with Gasteiger partial charge in [0.25, 0.3) is 0 Å². The predicted molar refractivity (Wildman–Crippen MR) is 107 cm³/mol. The number of aromatic nitrogens is 2. The Morgan fingerprint density at radius 2 is 1.70 bits per heavy atom. The Balaban J connectivity index is 2.02. The first-order valence-electron chi connectivity index (χ1n) is 8.87. The number of sulfone groups is 1.